The van der Waals surface area contributed by atoms with Gasteiger partial charge in [0.2, 0.25) is 0 Å². The molecule has 0 fully saturated rings. The zero-order valence-corrected chi connectivity index (χ0v) is 15.6. The molecule has 0 saturated carbocycles. The summed E-state index contributed by atoms with van der Waals surface area (Å²) < 4.78 is 15.5. The highest BCUT2D eigenvalue weighted by Gasteiger charge is 2.20. The molecule has 0 aliphatic heterocycles. The minimum absolute atomic E-state index is 0.243. The van der Waals surface area contributed by atoms with Crippen molar-refractivity contribution in [3.63, 3.8) is 0 Å². The van der Waals surface area contributed by atoms with Gasteiger partial charge in [-0.2, -0.15) is 0 Å². The first-order valence-corrected chi connectivity index (χ1v) is 8.16. The fourth-order valence-corrected chi connectivity index (χ4v) is 2.40. The van der Waals surface area contributed by atoms with Crippen LogP contribution in [0.3, 0.4) is 0 Å². The van der Waals surface area contributed by atoms with E-state index < -0.39 is 18.0 Å². The Hall–Kier alpha value is -3.02. The predicted molar refractivity (Wildman–Crippen MR) is 99.0 cm³/mol. The van der Waals surface area contributed by atoms with Gasteiger partial charge >= 0.3 is 5.97 Å². The molecule has 0 radical (unpaired) electrons. The summed E-state index contributed by atoms with van der Waals surface area (Å²) >= 11 is 0. The van der Waals surface area contributed by atoms with E-state index in [1.165, 1.54) is 33.3 Å². The molecule has 0 bridgehead atoms. The number of rotatable bonds is 6. The molecule has 2 aromatic carbocycles. The summed E-state index contributed by atoms with van der Waals surface area (Å²) in [4.78, 5) is 24.7. The van der Waals surface area contributed by atoms with Crippen LogP contribution in [0.1, 0.15) is 28.4 Å². The van der Waals surface area contributed by atoms with Crippen LogP contribution in [0.5, 0.6) is 11.5 Å². The van der Waals surface area contributed by atoms with Crippen LogP contribution in [0.15, 0.2) is 36.4 Å². The molecule has 2 aromatic rings. The smallest absolute Gasteiger partial charge is 0.339 e. The van der Waals surface area contributed by atoms with Gasteiger partial charge in [0.25, 0.3) is 5.91 Å². The van der Waals surface area contributed by atoms with Gasteiger partial charge in [0.05, 0.1) is 19.8 Å². The van der Waals surface area contributed by atoms with Crippen molar-refractivity contribution in [1.29, 1.82) is 0 Å². The molecule has 0 aliphatic rings. The number of nitrogens with one attached hydrogen (secondary N) is 1. The number of carbonyl (C=O) groups is 2. The second-order valence-corrected chi connectivity index (χ2v) is 5.96. The van der Waals surface area contributed by atoms with Crippen molar-refractivity contribution in [1.82, 2.24) is 0 Å². The van der Waals surface area contributed by atoms with E-state index in [0.29, 0.717) is 17.2 Å². The Morgan fingerprint density at radius 1 is 0.962 bits per heavy atom. The Balaban J connectivity index is 2.07. The Bertz CT molecular complexity index is 794. The molecule has 6 heteroatoms. The van der Waals surface area contributed by atoms with Crippen molar-refractivity contribution in [3.8, 4) is 11.5 Å². The first kappa shape index (κ1) is 19.3. The molecule has 1 amide bonds. The largest absolute Gasteiger partial charge is 0.497 e. The number of hydrogen-bond donors (Lipinski definition) is 1. The summed E-state index contributed by atoms with van der Waals surface area (Å²) in [6.07, 6.45) is -0.958. The fraction of sp³-hybridized carbons (Fsp3) is 0.300. The molecular weight excluding hydrogens is 334 g/mol. The van der Waals surface area contributed by atoms with Crippen molar-refractivity contribution in [2.45, 2.75) is 26.9 Å². The van der Waals surface area contributed by atoms with Crippen LogP contribution in [0.2, 0.25) is 0 Å². The second kappa shape index (κ2) is 8.38. The summed E-state index contributed by atoms with van der Waals surface area (Å²) in [7, 11) is 2.98. The number of amides is 1. The summed E-state index contributed by atoms with van der Waals surface area (Å²) in [6, 6.07) is 10.4. The molecule has 2 rings (SSSR count). The lowest BCUT2D eigenvalue weighted by molar-refractivity contribution is -0.123. The SMILES string of the molecule is COc1cc(OC)cc(C(=O)O[C@@H](C)C(=O)Nc2ccc(C)cc2C)c1. The number of ether oxygens (including phenoxy) is 3. The molecule has 26 heavy (non-hydrogen) atoms. The van der Waals surface area contributed by atoms with E-state index in [0.717, 1.165) is 11.1 Å². The second-order valence-electron chi connectivity index (χ2n) is 5.96. The Kier molecular flexibility index (Phi) is 6.22. The fourth-order valence-electron chi connectivity index (χ4n) is 2.40. The first-order valence-electron chi connectivity index (χ1n) is 8.16. The minimum atomic E-state index is -0.958. The van der Waals surface area contributed by atoms with Gasteiger partial charge in [-0.3, -0.25) is 4.79 Å². The van der Waals surface area contributed by atoms with E-state index in [4.69, 9.17) is 14.2 Å². The Morgan fingerprint density at radius 2 is 1.58 bits per heavy atom. The Labute approximate surface area is 153 Å². The average molecular weight is 357 g/mol. The van der Waals surface area contributed by atoms with Gasteiger partial charge in [0, 0.05) is 11.8 Å². The number of anilines is 1. The summed E-state index contributed by atoms with van der Waals surface area (Å²) in [5.74, 6) is -0.113. The molecular formula is C20H23NO5. The third kappa shape index (κ3) is 4.75. The van der Waals surface area contributed by atoms with Gasteiger partial charge in [0.1, 0.15) is 11.5 Å². The summed E-state index contributed by atoms with van der Waals surface area (Å²) in [6.45, 7) is 5.40. The van der Waals surface area contributed by atoms with Gasteiger partial charge in [-0.25, -0.2) is 4.79 Å². The number of benzene rings is 2. The molecule has 0 aliphatic carbocycles. The van der Waals surface area contributed by atoms with Crippen LogP contribution in [0, 0.1) is 13.8 Å². The van der Waals surface area contributed by atoms with Gasteiger partial charge in [0.15, 0.2) is 6.10 Å². The van der Waals surface area contributed by atoms with Gasteiger partial charge < -0.3 is 19.5 Å². The van der Waals surface area contributed by atoms with Crippen molar-refractivity contribution in [3.05, 3.63) is 53.1 Å². The molecule has 0 spiro atoms. The van der Waals surface area contributed by atoms with Crippen molar-refractivity contribution >= 4 is 17.6 Å². The molecule has 6 nitrogen and oxygen atoms in total. The zero-order valence-electron chi connectivity index (χ0n) is 15.6. The maximum Gasteiger partial charge on any atom is 0.339 e. The van der Waals surface area contributed by atoms with Crippen LogP contribution in [0.4, 0.5) is 5.69 Å². The van der Waals surface area contributed by atoms with Crippen LogP contribution in [-0.2, 0) is 9.53 Å². The highest BCUT2D eigenvalue weighted by atomic mass is 16.5. The number of esters is 1. The molecule has 0 aromatic heterocycles. The van der Waals surface area contributed by atoms with E-state index in [2.05, 4.69) is 5.32 Å². The zero-order chi connectivity index (χ0) is 19.3. The van der Waals surface area contributed by atoms with Gasteiger partial charge in [-0.15, -0.1) is 0 Å². The monoisotopic (exact) mass is 357 g/mol. The summed E-state index contributed by atoms with van der Waals surface area (Å²) in [5, 5.41) is 2.77. The van der Waals surface area contributed by atoms with Crippen molar-refractivity contribution in [2.24, 2.45) is 0 Å². The highest BCUT2D eigenvalue weighted by Crippen LogP contribution is 2.23. The molecule has 0 unspecified atom stereocenters. The van der Waals surface area contributed by atoms with Crippen LogP contribution in [-0.4, -0.2) is 32.2 Å². The maximum atomic E-state index is 12.3. The van der Waals surface area contributed by atoms with E-state index in [1.807, 2.05) is 32.0 Å². The number of hydrogen-bond acceptors (Lipinski definition) is 5. The highest BCUT2D eigenvalue weighted by molar-refractivity contribution is 5.98. The topological polar surface area (TPSA) is 73.9 Å². The molecule has 1 atom stereocenters. The van der Waals surface area contributed by atoms with Crippen LogP contribution >= 0.6 is 0 Å². The number of aryl methyl sites for hydroxylation is 2. The lowest BCUT2D eigenvalue weighted by atomic mass is 10.1. The Morgan fingerprint density at radius 3 is 2.12 bits per heavy atom. The lowest BCUT2D eigenvalue weighted by Crippen LogP contribution is -2.30. The average Bonchev–Trinajstić information content (AvgIpc) is 2.63. The third-order valence-electron chi connectivity index (χ3n) is 3.88. The van der Waals surface area contributed by atoms with Gasteiger partial charge in [-0.05, 0) is 44.5 Å². The van der Waals surface area contributed by atoms with Crippen molar-refractivity contribution < 1.29 is 23.8 Å². The van der Waals surface area contributed by atoms with E-state index in [9.17, 15) is 9.59 Å². The minimum Gasteiger partial charge on any atom is -0.497 e. The number of methoxy groups -OCH3 is 2. The molecule has 0 saturated heterocycles. The normalized spacial score (nSPS) is 11.4. The van der Waals surface area contributed by atoms with Gasteiger partial charge in [-0.1, -0.05) is 17.7 Å². The van der Waals surface area contributed by atoms with E-state index >= 15 is 0 Å². The third-order valence-corrected chi connectivity index (χ3v) is 3.88. The van der Waals surface area contributed by atoms with Crippen molar-refractivity contribution in [2.75, 3.05) is 19.5 Å². The summed E-state index contributed by atoms with van der Waals surface area (Å²) in [5.41, 5.74) is 2.97. The quantitative estimate of drug-likeness (QED) is 0.801. The number of carbonyl (C=O) groups excluding carboxylic acids is 2. The maximum absolute atomic E-state index is 12.3. The van der Waals surface area contributed by atoms with Crippen LogP contribution < -0.4 is 14.8 Å². The lowest BCUT2D eigenvalue weighted by Gasteiger charge is -2.15. The molecule has 1 N–H and O–H groups in total. The molecule has 138 valence electrons. The van der Waals surface area contributed by atoms with E-state index in [1.54, 1.807) is 6.07 Å². The first-order chi connectivity index (χ1) is 12.3. The van der Waals surface area contributed by atoms with E-state index in [-0.39, 0.29) is 5.56 Å². The molecule has 0 heterocycles. The predicted octanol–water partition coefficient (Wildman–Crippen LogP) is 3.50. The standard InChI is InChI=1S/C20H23NO5/c1-12-6-7-18(13(2)8-12)21-19(22)14(3)26-20(23)15-9-16(24-4)11-17(10-15)25-5/h6-11,14H,1-5H3,(H,21,22)/t14-/m0/s1. The van der Waals surface area contributed by atoms with Crippen LogP contribution in [0.25, 0.3) is 0 Å².